The van der Waals surface area contributed by atoms with E-state index in [2.05, 4.69) is 32.0 Å². The molecular weight excluding hydrogens is 568 g/mol. The third-order valence-corrected chi connectivity index (χ3v) is 5.13. The molecule has 1 saturated heterocycles. The van der Waals surface area contributed by atoms with Crippen LogP contribution >= 0.6 is 0 Å². The lowest BCUT2D eigenvalue weighted by molar-refractivity contribution is 0.0360. The van der Waals surface area contributed by atoms with Crippen LogP contribution in [0.5, 0.6) is 11.5 Å². The van der Waals surface area contributed by atoms with Crippen molar-refractivity contribution in [3.8, 4) is 35.7 Å². The lowest BCUT2D eigenvalue weighted by atomic mass is 10.2. The first-order valence-electron chi connectivity index (χ1n) is 14.3. The van der Waals surface area contributed by atoms with Crippen LogP contribution in [0, 0.1) is 24.2 Å². The van der Waals surface area contributed by atoms with Gasteiger partial charge in [-0.2, -0.15) is 0 Å². The fraction of sp³-hybridized carbons (Fsp3) is 0.471. The van der Waals surface area contributed by atoms with Crippen LogP contribution < -0.4 is 4.74 Å². The molecule has 0 aromatic heterocycles. The smallest absolute Gasteiger partial charge is 0.337 e. The summed E-state index contributed by atoms with van der Waals surface area (Å²) in [4.78, 5) is 22.1. The van der Waals surface area contributed by atoms with Gasteiger partial charge in [0.05, 0.1) is 58.4 Å². The van der Waals surface area contributed by atoms with Crippen LogP contribution in [0.15, 0.2) is 48.5 Å². The molecular formula is C34H46O10. The van der Waals surface area contributed by atoms with E-state index in [9.17, 15) is 9.59 Å². The molecule has 1 fully saturated rings. The van der Waals surface area contributed by atoms with Crippen LogP contribution in [-0.2, 0) is 23.7 Å². The lowest BCUT2D eigenvalue weighted by Crippen LogP contribution is -2.11. The Hall–Kier alpha value is -4.06. The van der Waals surface area contributed by atoms with Crippen molar-refractivity contribution in [3.63, 3.8) is 0 Å². The molecule has 0 atom stereocenters. The summed E-state index contributed by atoms with van der Waals surface area (Å²) in [5.41, 5.74) is 0.934. The molecule has 3 rings (SSSR count). The second-order valence-corrected chi connectivity index (χ2v) is 8.66. The van der Waals surface area contributed by atoms with E-state index in [1.165, 1.54) is 38.5 Å². The average molecular weight is 615 g/mol. The minimum atomic E-state index is -0.398. The Kier molecular flexibility index (Phi) is 26.4. The standard InChI is InChI=1S/C18H24O5.C8H8O3.C6H10O.C2H4O/c1-3-4-5-6-11-21-12-13-22-14-15-23-17-9-7-16(8-10-17)18(19)20-2;1-11-8(10)6-2-4-7(9)5-3-6;1-2-3-4-5-6-7;1-2-3-1/h7-10H,5-6,11-15H2,1-2H3;2-5,9H,1H3;1,7H,3-6H2;1-2H2. The minimum Gasteiger partial charge on any atom is -0.508 e. The fourth-order valence-corrected chi connectivity index (χ4v) is 2.79. The number of terminal acetylenes is 1. The van der Waals surface area contributed by atoms with Crippen molar-refractivity contribution in [2.24, 2.45) is 0 Å². The van der Waals surface area contributed by atoms with E-state index in [1.54, 1.807) is 24.3 Å². The molecule has 0 unspecified atom stereocenters. The van der Waals surface area contributed by atoms with E-state index in [0.717, 1.165) is 45.3 Å². The summed E-state index contributed by atoms with van der Waals surface area (Å²) in [5, 5.41) is 17.1. The molecule has 242 valence electrons. The van der Waals surface area contributed by atoms with Gasteiger partial charge < -0.3 is 38.6 Å². The number of ether oxygens (including phenoxy) is 6. The highest BCUT2D eigenvalue weighted by Gasteiger charge is 2.05. The molecule has 1 aliphatic heterocycles. The lowest BCUT2D eigenvalue weighted by Gasteiger charge is -2.08. The number of phenolic OH excluding ortho intramolecular Hbond substituents is 1. The minimum absolute atomic E-state index is 0.137. The van der Waals surface area contributed by atoms with Crippen LogP contribution in [0.3, 0.4) is 0 Å². The summed E-state index contributed by atoms with van der Waals surface area (Å²) >= 11 is 0. The number of methoxy groups -OCH3 is 2. The molecule has 44 heavy (non-hydrogen) atoms. The Labute approximate surface area is 261 Å². The summed E-state index contributed by atoms with van der Waals surface area (Å²) in [6.45, 7) is 6.87. The third-order valence-electron chi connectivity index (χ3n) is 5.13. The predicted octanol–water partition coefficient (Wildman–Crippen LogP) is 4.67. The van der Waals surface area contributed by atoms with E-state index in [1.807, 2.05) is 6.92 Å². The number of aromatic hydroxyl groups is 1. The third kappa shape index (κ3) is 24.5. The fourth-order valence-electron chi connectivity index (χ4n) is 2.79. The molecule has 0 spiro atoms. The van der Waals surface area contributed by atoms with Crippen molar-refractivity contribution in [2.45, 2.75) is 39.0 Å². The number of unbranched alkanes of at least 4 members (excludes halogenated alkanes) is 3. The summed E-state index contributed by atoms with van der Waals surface area (Å²) in [7, 11) is 2.67. The highest BCUT2D eigenvalue weighted by atomic mass is 16.6. The van der Waals surface area contributed by atoms with Crippen LogP contribution in [0.1, 0.15) is 59.7 Å². The number of benzene rings is 2. The number of esters is 2. The summed E-state index contributed by atoms with van der Waals surface area (Å²) in [6.07, 6.45) is 9.34. The van der Waals surface area contributed by atoms with Gasteiger partial charge in [-0.25, -0.2) is 9.59 Å². The number of hydrogen-bond donors (Lipinski definition) is 2. The number of phenols is 1. The zero-order valence-electron chi connectivity index (χ0n) is 26.0. The molecule has 0 saturated carbocycles. The Bertz CT molecular complexity index is 1090. The van der Waals surface area contributed by atoms with Gasteiger partial charge in [0.15, 0.2) is 0 Å². The maximum Gasteiger partial charge on any atom is 0.337 e. The quantitative estimate of drug-likeness (QED) is 0.126. The monoisotopic (exact) mass is 614 g/mol. The molecule has 1 heterocycles. The van der Waals surface area contributed by atoms with Gasteiger partial charge in [0.1, 0.15) is 18.1 Å². The second-order valence-electron chi connectivity index (χ2n) is 8.66. The molecule has 1 aliphatic rings. The van der Waals surface area contributed by atoms with Gasteiger partial charge in [-0.3, -0.25) is 0 Å². The van der Waals surface area contributed by atoms with Crippen molar-refractivity contribution < 1.29 is 48.2 Å². The molecule has 0 amide bonds. The van der Waals surface area contributed by atoms with Gasteiger partial charge in [-0.1, -0.05) is 0 Å². The van der Waals surface area contributed by atoms with E-state index in [4.69, 9.17) is 30.8 Å². The Morgan fingerprint density at radius 1 is 0.795 bits per heavy atom. The highest BCUT2D eigenvalue weighted by Crippen LogP contribution is 2.13. The first kappa shape index (κ1) is 39.9. The van der Waals surface area contributed by atoms with Crippen molar-refractivity contribution in [2.75, 3.05) is 67.1 Å². The molecule has 2 N–H and O–H groups in total. The number of hydrogen-bond acceptors (Lipinski definition) is 10. The first-order valence-corrected chi connectivity index (χ1v) is 14.3. The van der Waals surface area contributed by atoms with Gasteiger partial charge in [0.25, 0.3) is 0 Å². The zero-order chi connectivity index (χ0) is 32.7. The van der Waals surface area contributed by atoms with Crippen molar-refractivity contribution in [1.82, 2.24) is 0 Å². The van der Waals surface area contributed by atoms with Gasteiger partial charge in [0.2, 0.25) is 0 Å². The van der Waals surface area contributed by atoms with Gasteiger partial charge >= 0.3 is 11.9 Å². The Morgan fingerprint density at radius 2 is 1.32 bits per heavy atom. The van der Waals surface area contributed by atoms with Crippen LogP contribution in [0.2, 0.25) is 0 Å². The maximum absolute atomic E-state index is 11.3. The van der Waals surface area contributed by atoms with Crippen LogP contribution in [-0.4, -0.2) is 89.2 Å². The molecule has 2 aromatic rings. The number of rotatable bonds is 15. The first-order chi connectivity index (χ1) is 21.4. The van der Waals surface area contributed by atoms with E-state index in [0.29, 0.717) is 49.9 Å². The molecule has 0 radical (unpaired) electrons. The average Bonchev–Trinajstić information content (AvgIpc) is 3.95. The number of carbonyl (C=O) groups is 2. The summed E-state index contributed by atoms with van der Waals surface area (Å²) in [6, 6.07) is 12.7. The number of epoxide rings is 1. The Balaban J connectivity index is 0.000000715. The van der Waals surface area contributed by atoms with Crippen LogP contribution in [0.25, 0.3) is 0 Å². The SMILES string of the molecule is C#CCCCCO.C1CO1.CC#CCCCOCCOCCOc1ccc(C(=O)OC)cc1.COC(=O)c1ccc(O)cc1. The predicted molar refractivity (Wildman–Crippen MR) is 168 cm³/mol. The molecule has 2 aromatic carbocycles. The second kappa shape index (κ2) is 29.0. The number of aliphatic hydroxyl groups excluding tert-OH is 1. The summed E-state index contributed by atoms with van der Waals surface area (Å²) in [5.74, 6) is 8.40. The number of aliphatic hydroxyl groups is 1. The highest BCUT2D eigenvalue weighted by molar-refractivity contribution is 5.89. The van der Waals surface area contributed by atoms with E-state index >= 15 is 0 Å². The van der Waals surface area contributed by atoms with Gasteiger partial charge in [0, 0.05) is 26.1 Å². The molecule has 10 heteroatoms. The topological polar surface area (TPSA) is 133 Å². The molecule has 0 aliphatic carbocycles. The van der Waals surface area contributed by atoms with Crippen molar-refractivity contribution >= 4 is 11.9 Å². The normalized spacial score (nSPS) is 10.3. The van der Waals surface area contributed by atoms with E-state index in [-0.39, 0.29) is 18.3 Å². The Morgan fingerprint density at radius 3 is 1.80 bits per heavy atom. The zero-order valence-corrected chi connectivity index (χ0v) is 26.0. The maximum atomic E-state index is 11.3. The number of carbonyl (C=O) groups excluding carboxylic acids is 2. The van der Waals surface area contributed by atoms with Gasteiger partial charge in [-0.05, 0) is 74.7 Å². The van der Waals surface area contributed by atoms with Crippen molar-refractivity contribution in [3.05, 3.63) is 59.7 Å². The van der Waals surface area contributed by atoms with Crippen LogP contribution in [0.4, 0.5) is 0 Å². The van der Waals surface area contributed by atoms with Crippen molar-refractivity contribution in [1.29, 1.82) is 0 Å². The molecule has 0 bridgehead atoms. The molecule has 10 nitrogen and oxygen atoms in total. The van der Waals surface area contributed by atoms with Gasteiger partial charge in [-0.15, -0.1) is 24.2 Å². The van der Waals surface area contributed by atoms with E-state index < -0.39 is 5.97 Å². The summed E-state index contributed by atoms with van der Waals surface area (Å²) < 4.78 is 29.9. The largest absolute Gasteiger partial charge is 0.508 e.